The van der Waals surface area contributed by atoms with Gasteiger partial charge in [0.2, 0.25) is 0 Å². The van der Waals surface area contributed by atoms with Crippen molar-refractivity contribution in [2.75, 3.05) is 0 Å². The van der Waals surface area contributed by atoms with E-state index in [0.717, 1.165) is 6.20 Å². The first kappa shape index (κ1) is 11.3. The molecule has 0 spiro atoms. The summed E-state index contributed by atoms with van der Waals surface area (Å²) in [5.41, 5.74) is -0.118. The highest BCUT2D eigenvalue weighted by atomic mass is 19.3. The van der Waals surface area contributed by atoms with Gasteiger partial charge in [0, 0.05) is 12.4 Å². The van der Waals surface area contributed by atoms with Crippen LogP contribution in [0.1, 0.15) is 17.9 Å². The van der Waals surface area contributed by atoms with Crippen molar-refractivity contribution in [1.82, 2.24) is 15.0 Å². The van der Waals surface area contributed by atoms with E-state index in [1.54, 1.807) is 19.3 Å². The molecule has 0 aliphatic carbocycles. The summed E-state index contributed by atoms with van der Waals surface area (Å²) in [6.07, 6.45) is 2.20. The molecule has 15 heavy (non-hydrogen) atoms. The molecule has 80 valence electrons. The minimum atomic E-state index is -2.44. The van der Waals surface area contributed by atoms with E-state index >= 15 is 0 Å². The molecule has 0 saturated carbocycles. The van der Waals surface area contributed by atoms with Gasteiger partial charge in [-0.2, -0.15) is 0 Å². The summed E-state index contributed by atoms with van der Waals surface area (Å²) in [7, 11) is 0. The molecule has 3 nitrogen and oxygen atoms in total. The molecular weight excluding hydrogens is 200 g/mol. The van der Waals surface area contributed by atoms with Crippen molar-refractivity contribution in [3.05, 3.63) is 48.3 Å². The van der Waals surface area contributed by atoms with E-state index in [2.05, 4.69) is 15.0 Å². The van der Waals surface area contributed by atoms with Crippen LogP contribution in [0.15, 0.2) is 36.8 Å². The standard InChI is InChI=1S/C5H6F2N2.C5H5N/c1-3-8-2-4(9-3)5(6)7;1-2-4-6-5-3-1/h2,5H,1H3,(H,8,9);1-5H. The third kappa shape index (κ3) is 4.30. The van der Waals surface area contributed by atoms with E-state index in [-0.39, 0.29) is 5.69 Å². The van der Waals surface area contributed by atoms with E-state index < -0.39 is 6.43 Å². The van der Waals surface area contributed by atoms with Crippen LogP contribution < -0.4 is 0 Å². The maximum Gasteiger partial charge on any atom is 0.279 e. The zero-order chi connectivity index (χ0) is 11.1. The Bertz CT molecular complexity index is 346. The Morgan fingerprint density at radius 3 is 2.07 bits per heavy atom. The summed E-state index contributed by atoms with van der Waals surface area (Å²) < 4.78 is 23.4. The fourth-order valence-electron chi connectivity index (χ4n) is 0.863. The minimum Gasteiger partial charge on any atom is -0.341 e. The molecule has 0 unspecified atom stereocenters. The number of hydrogen-bond donors (Lipinski definition) is 1. The number of hydrogen-bond acceptors (Lipinski definition) is 2. The second-order valence-corrected chi connectivity index (χ2v) is 2.75. The fourth-order valence-corrected chi connectivity index (χ4v) is 0.863. The quantitative estimate of drug-likeness (QED) is 0.787. The van der Waals surface area contributed by atoms with Gasteiger partial charge in [0.15, 0.2) is 0 Å². The van der Waals surface area contributed by atoms with Gasteiger partial charge in [-0.25, -0.2) is 13.8 Å². The Morgan fingerprint density at radius 2 is 1.87 bits per heavy atom. The second-order valence-electron chi connectivity index (χ2n) is 2.75. The Hall–Kier alpha value is -1.78. The first-order valence-corrected chi connectivity index (χ1v) is 4.35. The summed E-state index contributed by atoms with van der Waals surface area (Å²) in [6, 6.07) is 5.72. The van der Waals surface area contributed by atoms with Crippen molar-refractivity contribution < 1.29 is 8.78 Å². The number of H-pyrrole nitrogens is 1. The van der Waals surface area contributed by atoms with Crippen molar-refractivity contribution in [2.45, 2.75) is 13.3 Å². The lowest BCUT2D eigenvalue weighted by Crippen LogP contribution is -1.81. The number of halogens is 2. The highest BCUT2D eigenvalue weighted by Gasteiger charge is 2.07. The van der Waals surface area contributed by atoms with Crippen LogP contribution in [-0.2, 0) is 0 Å². The molecule has 0 radical (unpaired) electrons. The predicted octanol–water partition coefficient (Wildman–Crippen LogP) is 2.74. The van der Waals surface area contributed by atoms with Crippen LogP contribution >= 0.6 is 0 Å². The Balaban J connectivity index is 0.000000162. The summed E-state index contributed by atoms with van der Waals surface area (Å²) in [5.74, 6) is 0.519. The van der Waals surface area contributed by atoms with Crippen molar-refractivity contribution in [3.8, 4) is 0 Å². The Morgan fingerprint density at radius 1 is 1.20 bits per heavy atom. The molecule has 0 aliphatic rings. The Kier molecular flexibility index (Phi) is 4.40. The van der Waals surface area contributed by atoms with Crippen LogP contribution in [0.4, 0.5) is 8.78 Å². The number of pyridine rings is 1. The average molecular weight is 211 g/mol. The van der Waals surface area contributed by atoms with Gasteiger partial charge in [-0.15, -0.1) is 0 Å². The number of aryl methyl sites for hydroxylation is 1. The van der Waals surface area contributed by atoms with Gasteiger partial charge in [0.05, 0.1) is 6.20 Å². The van der Waals surface area contributed by atoms with Crippen LogP contribution in [0, 0.1) is 6.92 Å². The largest absolute Gasteiger partial charge is 0.341 e. The van der Waals surface area contributed by atoms with E-state index in [1.165, 1.54) is 0 Å². The van der Waals surface area contributed by atoms with Gasteiger partial charge >= 0.3 is 0 Å². The van der Waals surface area contributed by atoms with Crippen molar-refractivity contribution in [2.24, 2.45) is 0 Å². The highest BCUT2D eigenvalue weighted by molar-refractivity contribution is 5.00. The van der Waals surface area contributed by atoms with Gasteiger partial charge in [-0.3, -0.25) is 4.98 Å². The Labute approximate surface area is 86.2 Å². The molecule has 0 amide bonds. The molecule has 2 aromatic rings. The first-order chi connectivity index (χ1) is 7.20. The number of aromatic nitrogens is 3. The van der Waals surface area contributed by atoms with Gasteiger partial charge < -0.3 is 4.98 Å². The smallest absolute Gasteiger partial charge is 0.279 e. The lowest BCUT2D eigenvalue weighted by atomic mass is 10.5. The number of aromatic amines is 1. The maximum absolute atomic E-state index is 11.7. The lowest BCUT2D eigenvalue weighted by molar-refractivity contribution is 0.146. The van der Waals surface area contributed by atoms with Crippen molar-refractivity contribution in [3.63, 3.8) is 0 Å². The zero-order valence-electron chi connectivity index (χ0n) is 8.19. The molecule has 1 N–H and O–H groups in total. The van der Waals surface area contributed by atoms with Gasteiger partial charge in [0.25, 0.3) is 6.43 Å². The summed E-state index contributed by atoms with van der Waals surface area (Å²) >= 11 is 0. The number of nitrogens with one attached hydrogen (secondary N) is 1. The second kappa shape index (κ2) is 5.85. The average Bonchev–Trinajstić information content (AvgIpc) is 2.69. The summed E-state index contributed by atoms with van der Waals surface area (Å²) in [5, 5.41) is 0. The molecule has 0 aliphatic heterocycles. The van der Waals surface area contributed by atoms with Crippen LogP contribution in [-0.4, -0.2) is 15.0 Å². The summed E-state index contributed by atoms with van der Waals surface area (Å²) in [6.45, 7) is 1.63. The predicted molar refractivity (Wildman–Crippen MR) is 52.5 cm³/mol. The van der Waals surface area contributed by atoms with E-state index in [9.17, 15) is 8.78 Å². The topological polar surface area (TPSA) is 41.6 Å². The monoisotopic (exact) mass is 211 g/mol. The third-order valence-electron chi connectivity index (χ3n) is 1.52. The number of imidazole rings is 1. The highest BCUT2D eigenvalue weighted by Crippen LogP contribution is 2.14. The minimum absolute atomic E-state index is 0.118. The molecule has 0 aromatic carbocycles. The molecule has 0 saturated heterocycles. The van der Waals surface area contributed by atoms with E-state index in [1.807, 2.05) is 18.2 Å². The molecule has 0 atom stereocenters. The third-order valence-corrected chi connectivity index (χ3v) is 1.52. The molecule has 2 rings (SSSR count). The molecule has 0 fully saturated rings. The molecule has 2 heterocycles. The van der Waals surface area contributed by atoms with E-state index in [4.69, 9.17) is 0 Å². The molecule has 0 bridgehead atoms. The number of rotatable bonds is 1. The van der Waals surface area contributed by atoms with Crippen molar-refractivity contribution in [1.29, 1.82) is 0 Å². The van der Waals surface area contributed by atoms with Gasteiger partial charge in [-0.1, -0.05) is 6.07 Å². The first-order valence-electron chi connectivity index (χ1n) is 4.35. The maximum atomic E-state index is 11.7. The van der Waals surface area contributed by atoms with Crippen LogP contribution in [0.2, 0.25) is 0 Å². The number of alkyl halides is 2. The van der Waals surface area contributed by atoms with Gasteiger partial charge in [0.1, 0.15) is 11.5 Å². The fraction of sp³-hybridized carbons (Fsp3) is 0.200. The van der Waals surface area contributed by atoms with E-state index in [0.29, 0.717) is 5.82 Å². The van der Waals surface area contributed by atoms with Crippen LogP contribution in [0.3, 0.4) is 0 Å². The zero-order valence-corrected chi connectivity index (χ0v) is 8.19. The molecule has 5 heteroatoms. The van der Waals surface area contributed by atoms with Crippen molar-refractivity contribution >= 4 is 0 Å². The molecular formula is C10H11F2N3. The van der Waals surface area contributed by atoms with Crippen LogP contribution in [0.5, 0.6) is 0 Å². The van der Waals surface area contributed by atoms with Gasteiger partial charge in [-0.05, 0) is 19.1 Å². The normalized spacial score (nSPS) is 9.60. The number of nitrogens with zero attached hydrogens (tertiary/aromatic N) is 2. The summed E-state index contributed by atoms with van der Waals surface area (Å²) in [4.78, 5) is 9.80. The molecule has 2 aromatic heterocycles. The van der Waals surface area contributed by atoms with Crippen LogP contribution in [0.25, 0.3) is 0 Å². The SMILES string of the molecule is Cc1ncc(C(F)F)[nH]1.c1ccncc1. The lowest BCUT2D eigenvalue weighted by Gasteiger charge is -1.88.